The minimum Gasteiger partial charge on any atom is -0.480 e. The van der Waals surface area contributed by atoms with Gasteiger partial charge < -0.3 is 15.3 Å². The van der Waals surface area contributed by atoms with Crippen LogP contribution >= 0.6 is 0 Å². The molecule has 0 spiro atoms. The van der Waals surface area contributed by atoms with E-state index < -0.39 is 12.0 Å². The fraction of sp³-hybridized carbons (Fsp3) is 0.385. The van der Waals surface area contributed by atoms with E-state index in [-0.39, 0.29) is 5.91 Å². The number of carbonyl (C=O) groups is 2. The van der Waals surface area contributed by atoms with Gasteiger partial charge in [-0.1, -0.05) is 0 Å². The fourth-order valence-corrected chi connectivity index (χ4v) is 1.98. The lowest BCUT2D eigenvalue weighted by Gasteiger charge is -2.26. The van der Waals surface area contributed by atoms with Gasteiger partial charge in [0.2, 0.25) is 5.91 Å². The molecule has 2 rings (SSSR count). The normalized spacial score (nSPS) is 15.6. The first-order chi connectivity index (χ1) is 8.49. The van der Waals surface area contributed by atoms with E-state index in [1.54, 1.807) is 18.9 Å². The van der Waals surface area contributed by atoms with Crippen molar-refractivity contribution in [3.63, 3.8) is 0 Å². The highest BCUT2D eigenvalue weighted by Crippen LogP contribution is 2.27. The Balaban J connectivity index is 2.26. The Kier molecular flexibility index (Phi) is 3.23. The zero-order chi connectivity index (χ0) is 13.3. The number of rotatable bonds is 3. The molecule has 0 bridgehead atoms. The third-order valence-electron chi connectivity index (χ3n) is 3.33. The van der Waals surface area contributed by atoms with Crippen molar-refractivity contribution in [2.24, 2.45) is 0 Å². The van der Waals surface area contributed by atoms with Crippen LogP contribution in [0.25, 0.3) is 0 Å². The Labute approximate surface area is 105 Å². The standard InChI is InChI=1S/C13H16N2O3/c1-8(13(17)18)15(2)10-4-5-11-9(7-10)3-6-12(16)14-11/h4-5,7-8H,3,6H2,1-2H3,(H,14,16)(H,17,18). The molecule has 18 heavy (non-hydrogen) atoms. The van der Waals surface area contributed by atoms with Gasteiger partial charge in [0.25, 0.3) is 0 Å². The molecule has 0 aromatic heterocycles. The van der Waals surface area contributed by atoms with Crippen LogP contribution in [0.15, 0.2) is 18.2 Å². The number of aryl methyl sites for hydroxylation is 1. The van der Waals surface area contributed by atoms with Crippen LogP contribution in [0.5, 0.6) is 0 Å². The van der Waals surface area contributed by atoms with Gasteiger partial charge >= 0.3 is 5.97 Å². The Morgan fingerprint density at radius 3 is 2.83 bits per heavy atom. The number of likely N-dealkylation sites (N-methyl/N-ethyl adjacent to an activating group) is 1. The van der Waals surface area contributed by atoms with Crippen molar-refractivity contribution in [2.45, 2.75) is 25.8 Å². The van der Waals surface area contributed by atoms with Gasteiger partial charge in [-0.15, -0.1) is 0 Å². The predicted molar refractivity (Wildman–Crippen MR) is 68.9 cm³/mol. The quantitative estimate of drug-likeness (QED) is 0.850. The Morgan fingerprint density at radius 1 is 1.44 bits per heavy atom. The van der Waals surface area contributed by atoms with E-state index in [4.69, 9.17) is 5.11 Å². The summed E-state index contributed by atoms with van der Waals surface area (Å²) in [6, 6.07) is 5.01. The number of amides is 1. The van der Waals surface area contributed by atoms with E-state index in [1.807, 2.05) is 18.2 Å². The van der Waals surface area contributed by atoms with E-state index in [0.717, 1.165) is 16.9 Å². The molecule has 1 aliphatic heterocycles. The molecular weight excluding hydrogens is 232 g/mol. The summed E-state index contributed by atoms with van der Waals surface area (Å²) in [6.07, 6.45) is 1.18. The van der Waals surface area contributed by atoms with Crippen molar-refractivity contribution in [3.05, 3.63) is 23.8 Å². The SMILES string of the molecule is CC(C(=O)O)N(C)c1ccc2c(c1)CCC(=O)N2. The minimum absolute atomic E-state index is 0.0301. The first-order valence-electron chi connectivity index (χ1n) is 5.87. The molecule has 1 atom stereocenters. The molecule has 1 aromatic rings. The zero-order valence-corrected chi connectivity index (χ0v) is 10.4. The summed E-state index contributed by atoms with van der Waals surface area (Å²) in [7, 11) is 1.75. The van der Waals surface area contributed by atoms with Crippen LogP contribution in [0.1, 0.15) is 18.9 Å². The van der Waals surface area contributed by atoms with Crippen LogP contribution in [0.4, 0.5) is 11.4 Å². The molecule has 96 valence electrons. The maximum atomic E-state index is 11.2. The number of benzene rings is 1. The number of nitrogens with zero attached hydrogens (tertiary/aromatic N) is 1. The summed E-state index contributed by atoms with van der Waals surface area (Å²) in [5.74, 6) is -0.828. The number of fused-ring (bicyclic) bond motifs is 1. The van der Waals surface area contributed by atoms with Crippen LogP contribution in [-0.4, -0.2) is 30.1 Å². The molecule has 5 heteroatoms. The Bertz CT molecular complexity index is 499. The van der Waals surface area contributed by atoms with Crippen LogP contribution in [0.2, 0.25) is 0 Å². The summed E-state index contributed by atoms with van der Waals surface area (Å²) in [5.41, 5.74) is 2.72. The van der Waals surface area contributed by atoms with Crippen LogP contribution in [-0.2, 0) is 16.0 Å². The lowest BCUT2D eigenvalue weighted by molar-refractivity contribution is -0.138. The third-order valence-corrected chi connectivity index (χ3v) is 3.33. The molecule has 5 nitrogen and oxygen atoms in total. The highest BCUT2D eigenvalue weighted by atomic mass is 16.4. The summed E-state index contributed by atoms with van der Waals surface area (Å²) in [6.45, 7) is 1.64. The van der Waals surface area contributed by atoms with Crippen molar-refractivity contribution < 1.29 is 14.7 Å². The molecule has 0 radical (unpaired) electrons. The van der Waals surface area contributed by atoms with Crippen molar-refractivity contribution in [1.29, 1.82) is 0 Å². The fourth-order valence-electron chi connectivity index (χ4n) is 1.98. The molecule has 0 fully saturated rings. The summed E-state index contributed by atoms with van der Waals surface area (Å²) < 4.78 is 0. The number of aliphatic carboxylic acids is 1. The van der Waals surface area contributed by atoms with Crippen molar-refractivity contribution in [2.75, 3.05) is 17.3 Å². The second-order valence-corrected chi connectivity index (χ2v) is 4.51. The van der Waals surface area contributed by atoms with Gasteiger partial charge in [0.05, 0.1) is 0 Å². The zero-order valence-electron chi connectivity index (χ0n) is 10.4. The predicted octanol–water partition coefficient (Wildman–Crippen LogP) is 1.48. The monoisotopic (exact) mass is 248 g/mol. The van der Waals surface area contributed by atoms with E-state index >= 15 is 0 Å². The van der Waals surface area contributed by atoms with Gasteiger partial charge in [-0.05, 0) is 37.1 Å². The molecule has 1 heterocycles. The minimum atomic E-state index is -0.858. The second-order valence-electron chi connectivity index (χ2n) is 4.51. The number of carboxylic acids is 1. The van der Waals surface area contributed by atoms with E-state index in [9.17, 15) is 9.59 Å². The molecule has 1 amide bonds. The average molecular weight is 248 g/mol. The summed E-state index contributed by atoms with van der Waals surface area (Å²) >= 11 is 0. The highest BCUT2D eigenvalue weighted by molar-refractivity contribution is 5.94. The number of carboxylic acid groups (broad SMARTS) is 1. The molecule has 0 saturated heterocycles. The summed E-state index contributed by atoms with van der Waals surface area (Å²) in [5, 5.41) is 11.8. The lowest BCUT2D eigenvalue weighted by atomic mass is 10.0. The van der Waals surface area contributed by atoms with Crippen molar-refractivity contribution >= 4 is 23.3 Å². The van der Waals surface area contributed by atoms with Gasteiger partial charge in [-0.2, -0.15) is 0 Å². The topological polar surface area (TPSA) is 69.6 Å². The van der Waals surface area contributed by atoms with Crippen LogP contribution in [0, 0.1) is 0 Å². The van der Waals surface area contributed by atoms with E-state index in [0.29, 0.717) is 12.8 Å². The molecule has 1 aromatic carbocycles. The average Bonchev–Trinajstić information content (AvgIpc) is 2.36. The number of anilines is 2. The van der Waals surface area contributed by atoms with Gasteiger partial charge in [-0.25, -0.2) is 4.79 Å². The summed E-state index contributed by atoms with van der Waals surface area (Å²) in [4.78, 5) is 23.9. The number of nitrogens with one attached hydrogen (secondary N) is 1. The lowest BCUT2D eigenvalue weighted by Crippen LogP contribution is -2.35. The van der Waals surface area contributed by atoms with E-state index in [1.165, 1.54) is 0 Å². The highest BCUT2D eigenvalue weighted by Gasteiger charge is 2.20. The number of hydrogen-bond acceptors (Lipinski definition) is 3. The largest absolute Gasteiger partial charge is 0.480 e. The third kappa shape index (κ3) is 2.30. The smallest absolute Gasteiger partial charge is 0.326 e. The first kappa shape index (κ1) is 12.4. The molecular formula is C13H16N2O3. The first-order valence-corrected chi connectivity index (χ1v) is 5.87. The van der Waals surface area contributed by atoms with Crippen LogP contribution < -0.4 is 10.2 Å². The maximum Gasteiger partial charge on any atom is 0.326 e. The number of hydrogen-bond donors (Lipinski definition) is 2. The van der Waals surface area contributed by atoms with Gasteiger partial charge in [0.1, 0.15) is 6.04 Å². The maximum absolute atomic E-state index is 11.2. The molecule has 0 saturated carbocycles. The molecule has 1 aliphatic rings. The second kappa shape index (κ2) is 4.68. The Hall–Kier alpha value is -2.04. The Morgan fingerprint density at radius 2 is 2.17 bits per heavy atom. The van der Waals surface area contributed by atoms with Crippen molar-refractivity contribution in [3.8, 4) is 0 Å². The van der Waals surface area contributed by atoms with Crippen LogP contribution in [0.3, 0.4) is 0 Å². The van der Waals surface area contributed by atoms with E-state index in [2.05, 4.69) is 5.32 Å². The molecule has 0 aliphatic carbocycles. The molecule has 1 unspecified atom stereocenters. The molecule has 2 N–H and O–H groups in total. The van der Waals surface area contributed by atoms with Gasteiger partial charge in [-0.3, -0.25) is 4.79 Å². The van der Waals surface area contributed by atoms with Crippen molar-refractivity contribution in [1.82, 2.24) is 0 Å². The van der Waals surface area contributed by atoms with Gasteiger partial charge in [0, 0.05) is 24.8 Å². The van der Waals surface area contributed by atoms with Gasteiger partial charge in [0.15, 0.2) is 0 Å². The number of carbonyl (C=O) groups excluding carboxylic acids is 1.